The summed E-state index contributed by atoms with van der Waals surface area (Å²) >= 11 is 7.46. The number of hydrogen-bond donors (Lipinski definition) is 1. The fourth-order valence-corrected chi connectivity index (χ4v) is 3.46. The molecule has 2 aromatic heterocycles. The molecule has 0 saturated heterocycles. The van der Waals surface area contributed by atoms with Gasteiger partial charge in [-0.05, 0) is 12.5 Å². The zero-order chi connectivity index (χ0) is 18.0. The van der Waals surface area contributed by atoms with Crippen LogP contribution in [0, 0.1) is 0 Å². The quantitative estimate of drug-likeness (QED) is 0.695. The van der Waals surface area contributed by atoms with Crippen LogP contribution < -0.4 is 11.2 Å². The van der Waals surface area contributed by atoms with Gasteiger partial charge in [0, 0.05) is 24.4 Å². The van der Waals surface area contributed by atoms with Crippen molar-refractivity contribution in [3.05, 3.63) is 67.8 Å². The predicted octanol–water partition coefficient (Wildman–Crippen LogP) is 2.86. The number of hydrogen-bond acceptors (Lipinski definition) is 4. The van der Waals surface area contributed by atoms with Gasteiger partial charge in [-0.3, -0.25) is 14.3 Å². The van der Waals surface area contributed by atoms with Crippen LogP contribution in [0.4, 0.5) is 0 Å². The van der Waals surface area contributed by atoms with Crippen LogP contribution in [0.25, 0.3) is 11.2 Å². The number of halogens is 1. The van der Waals surface area contributed by atoms with E-state index in [4.69, 9.17) is 11.6 Å². The second-order valence-corrected chi connectivity index (χ2v) is 7.10. The van der Waals surface area contributed by atoms with E-state index in [2.05, 4.69) is 9.97 Å². The number of H-pyrrole nitrogens is 1. The van der Waals surface area contributed by atoms with Crippen LogP contribution in [0.5, 0.6) is 0 Å². The molecule has 0 radical (unpaired) electrons. The molecular weight excluding hydrogens is 360 g/mol. The van der Waals surface area contributed by atoms with Crippen LogP contribution in [0.2, 0.25) is 0 Å². The number of fused-ring (bicyclic) bond motifs is 1. The lowest BCUT2D eigenvalue weighted by Gasteiger charge is -2.06. The highest BCUT2D eigenvalue weighted by atomic mass is 35.5. The molecule has 0 saturated carbocycles. The summed E-state index contributed by atoms with van der Waals surface area (Å²) in [6.45, 7) is 2.18. The van der Waals surface area contributed by atoms with Gasteiger partial charge >= 0.3 is 5.69 Å². The maximum Gasteiger partial charge on any atom is 0.329 e. The van der Waals surface area contributed by atoms with Gasteiger partial charge in [-0.15, -0.1) is 0 Å². The molecule has 1 N–H and O–H groups in total. The van der Waals surface area contributed by atoms with Crippen molar-refractivity contribution in [1.82, 2.24) is 19.1 Å². The lowest BCUT2D eigenvalue weighted by Crippen LogP contribution is -2.29. The summed E-state index contributed by atoms with van der Waals surface area (Å²) in [7, 11) is 1.59. The first-order valence-corrected chi connectivity index (χ1v) is 9.02. The predicted molar refractivity (Wildman–Crippen MR) is 101 cm³/mol. The molecule has 1 aromatic carbocycles. The molecule has 25 heavy (non-hydrogen) atoms. The highest BCUT2D eigenvalue weighted by Gasteiger charge is 2.17. The molecule has 0 unspecified atom stereocenters. The van der Waals surface area contributed by atoms with Crippen LogP contribution in [0.15, 0.2) is 56.2 Å². The van der Waals surface area contributed by atoms with E-state index in [-0.39, 0.29) is 0 Å². The summed E-state index contributed by atoms with van der Waals surface area (Å²) in [5.74, 6) is 0.708. The van der Waals surface area contributed by atoms with Gasteiger partial charge in [-0.25, -0.2) is 9.78 Å². The molecule has 0 atom stereocenters. The van der Waals surface area contributed by atoms with Gasteiger partial charge in [0.05, 0.1) is 0 Å². The third-order valence-corrected chi connectivity index (χ3v) is 4.94. The Morgan fingerprint density at radius 3 is 2.72 bits per heavy atom. The summed E-state index contributed by atoms with van der Waals surface area (Å²) in [4.78, 5) is 31.0. The first-order valence-electron chi connectivity index (χ1n) is 7.66. The van der Waals surface area contributed by atoms with E-state index < -0.39 is 11.2 Å². The Labute approximate surface area is 153 Å². The number of thioether (sulfide) groups is 1. The number of rotatable bonds is 5. The van der Waals surface area contributed by atoms with E-state index >= 15 is 0 Å². The molecular formula is C17H17ClN4O2S. The van der Waals surface area contributed by atoms with E-state index in [0.29, 0.717) is 33.7 Å². The van der Waals surface area contributed by atoms with Crippen molar-refractivity contribution >= 4 is 34.5 Å². The minimum atomic E-state index is -0.481. The summed E-state index contributed by atoms with van der Waals surface area (Å²) in [6, 6.07) is 9.99. The SMILES string of the molecule is C/C(Cl)=C\Cn1c(SCc2ccccc2)nc2c1c(=O)[nH]c(=O)n2C. The largest absolute Gasteiger partial charge is 0.329 e. The van der Waals surface area contributed by atoms with Crippen molar-refractivity contribution in [2.45, 2.75) is 24.4 Å². The van der Waals surface area contributed by atoms with E-state index in [9.17, 15) is 9.59 Å². The molecule has 8 heteroatoms. The monoisotopic (exact) mass is 376 g/mol. The number of aryl methyl sites for hydroxylation is 1. The summed E-state index contributed by atoms with van der Waals surface area (Å²) in [5, 5.41) is 1.29. The summed E-state index contributed by atoms with van der Waals surface area (Å²) < 4.78 is 3.13. The van der Waals surface area contributed by atoms with E-state index in [1.807, 2.05) is 30.3 Å². The zero-order valence-electron chi connectivity index (χ0n) is 13.8. The third-order valence-electron chi connectivity index (χ3n) is 3.74. The van der Waals surface area contributed by atoms with Crippen molar-refractivity contribution in [3.63, 3.8) is 0 Å². The standard InChI is InChI=1S/C17H17ClN4O2S/c1-11(18)8-9-22-13-14(21(2)16(24)20-15(13)23)19-17(22)25-10-12-6-4-3-5-7-12/h3-8H,9-10H2,1-2H3,(H,20,23,24)/b11-8+. The van der Waals surface area contributed by atoms with Gasteiger partial charge in [0.25, 0.3) is 5.56 Å². The Morgan fingerprint density at radius 1 is 1.32 bits per heavy atom. The van der Waals surface area contributed by atoms with Gasteiger partial charge in [-0.1, -0.05) is 59.8 Å². The normalized spacial score (nSPS) is 12.0. The molecule has 3 rings (SSSR count). The Balaban J connectivity index is 2.09. The van der Waals surface area contributed by atoms with Crippen molar-refractivity contribution in [1.29, 1.82) is 0 Å². The molecule has 2 heterocycles. The maximum absolute atomic E-state index is 12.3. The topological polar surface area (TPSA) is 72.7 Å². The average molecular weight is 377 g/mol. The van der Waals surface area contributed by atoms with E-state index in [1.165, 1.54) is 16.3 Å². The lowest BCUT2D eigenvalue weighted by atomic mass is 10.2. The summed E-state index contributed by atoms with van der Waals surface area (Å²) in [5.41, 5.74) is 0.957. The average Bonchev–Trinajstić information content (AvgIpc) is 2.96. The Hall–Kier alpha value is -2.25. The Kier molecular flexibility index (Phi) is 5.15. The van der Waals surface area contributed by atoms with E-state index in [0.717, 1.165) is 5.56 Å². The number of imidazole rings is 1. The number of aromatic nitrogens is 4. The molecule has 0 spiro atoms. The van der Waals surface area contributed by atoms with Gasteiger partial charge < -0.3 is 4.57 Å². The molecule has 0 aliphatic heterocycles. The van der Waals surface area contributed by atoms with Gasteiger partial charge in [0.2, 0.25) is 0 Å². The zero-order valence-corrected chi connectivity index (χ0v) is 15.4. The molecule has 0 aliphatic rings. The minimum Gasteiger partial charge on any atom is -0.309 e. The highest BCUT2D eigenvalue weighted by Crippen LogP contribution is 2.25. The molecule has 6 nitrogen and oxygen atoms in total. The second kappa shape index (κ2) is 7.33. The second-order valence-electron chi connectivity index (χ2n) is 5.56. The number of benzene rings is 1. The number of aromatic amines is 1. The van der Waals surface area contributed by atoms with E-state index in [1.54, 1.807) is 24.6 Å². The van der Waals surface area contributed by atoms with Crippen LogP contribution in [0.1, 0.15) is 12.5 Å². The van der Waals surface area contributed by atoms with Gasteiger partial charge in [0.1, 0.15) is 0 Å². The highest BCUT2D eigenvalue weighted by molar-refractivity contribution is 7.98. The van der Waals surface area contributed by atoms with Crippen LogP contribution in [-0.4, -0.2) is 19.1 Å². The van der Waals surface area contributed by atoms with Crippen molar-refractivity contribution < 1.29 is 0 Å². The number of nitrogens with one attached hydrogen (secondary N) is 1. The van der Waals surface area contributed by atoms with Crippen LogP contribution in [-0.2, 0) is 19.3 Å². The van der Waals surface area contributed by atoms with Gasteiger partial charge in [0.15, 0.2) is 16.3 Å². The molecule has 130 valence electrons. The van der Waals surface area contributed by atoms with Crippen molar-refractivity contribution in [3.8, 4) is 0 Å². The van der Waals surface area contributed by atoms with Crippen molar-refractivity contribution in [2.75, 3.05) is 0 Å². The Bertz CT molecular complexity index is 1050. The molecule has 0 aliphatic carbocycles. The van der Waals surface area contributed by atoms with Crippen LogP contribution >= 0.6 is 23.4 Å². The minimum absolute atomic E-state index is 0.366. The molecule has 0 bridgehead atoms. The molecule has 0 fully saturated rings. The Morgan fingerprint density at radius 2 is 2.04 bits per heavy atom. The third kappa shape index (κ3) is 3.72. The number of allylic oxidation sites excluding steroid dienone is 2. The smallest absolute Gasteiger partial charge is 0.309 e. The molecule has 0 amide bonds. The molecule has 3 aromatic rings. The first-order chi connectivity index (χ1) is 12.0. The number of nitrogens with zero attached hydrogens (tertiary/aromatic N) is 3. The first kappa shape index (κ1) is 17.6. The summed E-state index contributed by atoms with van der Waals surface area (Å²) in [6.07, 6.45) is 1.81. The van der Waals surface area contributed by atoms with Crippen LogP contribution in [0.3, 0.4) is 0 Å². The fraction of sp³-hybridized carbons (Fsp3) is 0.235. The lowest BCUT2D eigenvalue weighted by molar-refractivity contribution is 0.742. The fourth-order valence-electron chi connectivity index (χ4n) is 2.43. The maximum atomic E-state index is 12.3. The van der Waals surface area contributed by atoms with Gasteiger partial charge in [-0.2, -0.15) is 0 Å². The van der Waals surface area contributed by atoms with Crippen molar-refractivity contribution in [2.24, 2.45) is 7.05 Å².